The van der Waals surface area contributed by atoms with Crippen LogP contribution < -0.4 is 0 Å². The molecule has 0 atom stereocenters. The van der Waals surface area contributed by atoms with E-state index in [0.717, 1.165) is 18.6 Å². The van der Waals surface area contributed by atoms with Crippen molar-refractivity contribution in [2.75, 3.05) is 5.75 Å². The lowest BCUT2D eigenvalue weighted by Crippen LogP contribution is -2.16. The number of hydrogen-bond acceptors (Lipinski definition) is 2. The summed E-state index contributed by atoms with van der Waals surface area (Å²) in [6.07, 6.45) is 7.50. The van der Waals surface area contributed by atoms with Gasteiger partial charge in [0.1, 0.15) is 5.78 Å². The molecule has 1 aliphatic rings. The normalized spacial score (nSPS) is 19.6. The van der Waals surface area contributed by atoms with Crippen LogP contribution in [0.4, 0.5) is 0 Å². The molecular weight excluding hydrogens is 192 g/mol. The molecular formula is C12H22OS. The van der Waals surface area contributed by atoms with Gasteiger partial charge in [0.25, 0.3) is 0 Å². The van der Waals surface area contributed by atoms with Gasteiger partial charge in [-0.15, -0.1) is 0 Å². The molecule has 0 saturated heterocycles. The lowest BCUT2D eigenvalue weighted by atomic mass is 9.96. The van der Waals surface area contributed by atoms with Crippen LogP contribution in [0.5, 0.6) is 0 Å². The van der Waals surface area contributed by atoms with Gasteiger partial charge >= 0.3 is 0 Å². The highest BCUT2D eigenvalue weighted by Gasteiger charge is 2.19. The lowest BCUT2D eigenvalue weighted by Gasteiger charge is -2.13. The highest BCUT2D eigenvalue weighted by molar-refractivity contribution is 8.00. The minimum absolute atomic E-state index is 0.392. The molecule has 0 aromatic carbocycles. The first-order chi connectivity index (χ1) is 6.70. The first-order valence-electron chi connectivity index (χ1n) is 5.84. The maximum atomic E-state index is 11.8. The van der Waals surface area contributed by atoms with E-state index in [-0.39, 0.29) is 0 Å². The van der Waals surface area contributed by atoms with Crippen molar-refractivity contribution >= 4 is 17.5 Å². The minimum Gasteiger partial charge on any atom is -0.298 e. The van der Waals surface area contributed by atoms with Crippen molar-refractivity contribution < 1.29 is 4.79 Å². The van der Waals surface area contributed by atoms with Gasteiger partial charge in [0.15, 0.2) is 0 Å². The Hall–Kier alpha value is 0.0200. The molecule has 14 heavy (non-hydrogen) atoms. The Bertz CT molecular complexity index is 169. The number of carbonyl (C=O) groups is 1. The number of thioether (sulfide) groups is 1. The predicted octanol–water partition coefficient (Wildman–Crippen LogP) is 3.67. The maximum Gasteiger partial charge on any atom is 0.145 e. The highest BCUT2D eigenvalue weighted by atomic mass is 32.2. The zero-order chi connectivity index (χ0) is 10.4. The molecule has 1 rings (SSSR count). The zero-order valence-electron chi connectivity index (χ0n) is 9.42. The molecule has 0 spiro atoms. The SMILES string of the molecule is CC(C)SCC(=O)C1CCCCCC1. The fourth-order valence-electron chi connectivity index (χ4n) is 1.97. The van der Waals surface area contributed by atoms with E-state index in [1.165, 1.54) is 25.7 Å². The van der Waals surface area contributed by atoms with E-state index < -0.39 is 0 Å². The number of Topliss-reactive ketones (excluding diaryl/α,β-unsaturated/α-hetero) is 1. The van der Waals surface area contributed by atoms with Crippen LogP contribution >= 0.6 is 11.8 Å². The minimum atomic E-state index is 0.392. The number of hydrogen-bond donors (Lipinski definition) is 0. The molecule has 0 aromatic rings. The van der Waals surface area contributed by atoms with Crippen molar-refractivity contribution in [3.63, 3.8) is 0 Å². The van der Waals surface area contributed by atoms with Gasteiger partial charge in [-0.2, -0.15) is 11.8 Å². The molecule has 0 aromatic heterocycles. The summed E-state index contributed by atoms with van der Waals surface area (Å²) < 4.78 is 0. The average Bonchev–Trinajstić information content (AvgIpc) is 2.42. The summed E-state index contributed by atoms with van der Waals surface area (Å²) in [6, 6.07) is 0. The summed E-state index contributed by atoms with van der Waals surface area (Å²) in [6.45, 7) is 4.32. The first-order valence-corrected chi connectivity index (χ1v) is 6.89. The largest absolute Gasteiger partial charge is 0.298 e. The van der Waals surface area contributed by atoms with Gasteiger partial charge < -0.3 is 0 Å². The van der Waals surface area contributed by atoms with Crippen molar-refractivity contribution in [2.45, 2.75) is 57.6 Å². The Morgan fingerprint density at radius 1 is 1.21 bits per heavy atom. The Balaban J connectivity index is 2.27. The summed E-state index contributed by atoms with van der Waals surface area (Å²) in [4.78, 5) is 11.8. The molecule has 0 amide bonds. The van der Waals surface area contributed by atoms with Crippen LogP contribution in [0, 0.1) is 5.92 Å². The molecule has 0 radical (unpaired) electrons. The van der Waals surface area contributed by atoms with Gasteiger partial charge in [-0.05, 0) is 18.1 Å². The van der Waals surface area contributed by atoms with Crippen molar-refractivity contribution in [3.05, 3.63) is 0 Å². The molecule has 0 N–H and O–H groups in total. The van der Waals surface area contributed by atoms with Crippen LogP contribution in [0.25, 0.3) is 0 Å². The third-order valence-corrected chi connectivity index (χ3v) is 3.99. The topological polar surface area (TPSA) is 17.1 Å². The Morgan fingerprint density at radius 2 is 1.79 bits per heavy atom. The molecule has 0 bridgehead atoms. The quantitative estimate of drug-likeness (QED) is 0.664. The molecule has 1 nitrogen and oxygen atoms in total. The van der Waals surface area contributed by atoms with Gasteiger partial charge in [-0.3, -0.25) is 4.79 Å². The van der Waals surface area contributed by atoms with E-state index in [0.29, 0.717) is 17.0 Å². The van der Waals surface area contributed by atoms with E-state index in [2.05, 4.69) is 13.8 Å². The lowest BCUT2D eigenvalue weighted by molar-refractivity contribution is -0.120. The standard InChI is InChI=1S/C12H22OS/c1-10(2)14-9-12(13)11-7-5-3-4-6-8-11/h10-11H,3-9H2,1-2H3. The summed E-state index contributed by atoms with van der Waals surface area (Å²) in [5.41, 5.74) is 0. The molecule has 2 heteroatoms. The monoisotopic (exact) mass is 214 g/mol. The number of rotatable bonds is 4. The molecule has 0 heterocycles. The van der Waals surface area contributed by atoms with Crippen LogP contribution in [0.1, 0.15) is 52.4 Å². The summed E-state index contributed by atoms with van der Waals surface area (Å²) >= 11 is 1.79. The Labute approximate surface area is 92.0 Å². The number of ketones is 1. The van der Waals surface area contributed by atoms with Crippen molar-refractivity contribution in [1.82, 2.24) is 0 Å². The zero-order valence-corrected chi connectivity index (χ0v) is 10.2. The van der Waals surface area contributed by atoms with Crippen molar-refractivity contribution in [2.24, 2.45) is 5.92 Å². The van der Waals surface area contributed by atoms with Gasteiger partial charge in [0.05, 0.1) is 5.75 Å². The third-order valence-electron chi connectivity index (χ3n) is 2.87. The van der Waals surface area contributed by atoms with Crippen LogP contribution in [0.3, 0.4) is 0 Å². The number of carbonyl (C=O) groups excluding carboxylic acids is 1. The van der Waals surface area contributed by atoms with Crippen LogP contribution in [-0.2, 0) is 4.79 Å². The van der Waals surface area contributed by atoms with Crippen LogP contribution in [0.15, 0.2) is 0 Å². The summed E-state index contributed by atoms with van der Waals surface area (Å²) in [5.74, 6) is 1.64. The van der Waals surface area contributed by atoms with E-state index >= 15 is 0 Å². The van der Waals surface area contributed by atoms with Gasteiger partial charge in [0.2, 0.25) is 0 Å². The smallest absolute Gasteiger partial charge is 0.145 e. The second kappa shape index (κ2) is 6.49. The summed E-state index contributed by atoms with van der Waals surface area (Å²) in [5, 5.41) is 0.588. The molecule has 82 valence electrons. The third kappa shape index (κ3) is 4.50. The first kappa shape index (κ1) is 12.1. The molecule has 0 aliphatic heterocycles. The van der Waals surface area contributed by atoms with Gasteiger partial charge in [-0.1, -0.05) is 39.5 Å². The molecule has 0 unspecified atom stereocenters. The fourth-order valence-corrected chi connectivity index (χ4v) is 2.70. The summed E-state index contributed by atoms with van der Waals surface area (Å²) in [7, 11) is 0. The molecule has 1 saturated carbocycles. The van der Waals surface area contributed by atoms with Crippen molar-refractivity contribution in [1.29, 1.82) is 0 Å². The van der Waals surface area contributed by atoms with E-state index in [4.69, 9.17) is 0 Å². The van der Waals surface area contributed by atoms with Gasteiger partial charge in [-0.25, -0.2) is 0 Å². The Morgan fingerprint density at radius 3 is 2.29 bits per heavy atom. The average molecular weight is 214 g/mol. The van der Waals surface area contributed by atoms with E-state index in [1.807, 2.05) is 0 Å². The van der Waals surface area contributed by atoms with E-state index in [1.54, 1.807) is 11.8 Å². The second-order valence-corrected chi connectivity index (χ2v) is 6.08. The molecule has 1 aliphatic carbocycles. The van der Waals surface area contributed by atoms with Crippen LogP contribution in [0.2, 0.25) is 0 Å². The highest BCUT2D eigenvalue weighted by Crippen LogP contribution is 2.25. The van der Waals surface area contributed by atoms with Gasteiger partial charge in [0, 0.05) is 5.92 Å². The van der Waals surface area contributed by atoms with Crippen molar-refractivity contribution in [3.8, 4) is 0 Å². The molecule has 1 fully saturated rings. The predicted molar refractivity (Wildman–Crippen MR) is 63.8 cm³/mol. The fraction of sp³-hybridized carbons (Fsp3) is 0.917. The second-order valence-electron chi connectivity index (χ2n) is 4.51. The Kier molecular flexibility index (Phi) is 5.61. The van der Waals surface area contributed by atoms with E-state index in [9.17, 15) is 4.79 Å². The van der Waals surface area contributed by atoms with Crippen LogP contribution in [-0.4, -0.2) is 16.8 Å². The maximum absolute atomic E-state index is 11.8.